The third kappa shape index (κ3) is 5.56. The number of carbonyl (C=O) groups excluding carboxylic acids is 1. The molecule has 0 spiro atoms. The minimum absolute atomic E-state index is 0.0124. The van der Waals surface area contributed by atoms with Crippen molar-refractivity contribution in [2.75, 3.05) is 39.8 Å². The SMILES string of the molecule is COc1ccc(C)cc1C[NH+]1CC[NH+]([C@@H](C)C(=O)NCCc2cccs2)CC1. The summed E-state index contributed by atoms with van der Waals surface area (Å²) in [6.45, 7) is 10.1. The molecule has 2 heterocycles. The van der Waals surface area contributed by atoms with Gasteiger partial charge in [-0.15, -0.1) is 11.3 Å². The van der Waals surface area contributed by atoms with Crippen molar-refractivity contribution in [1.29, 1.82) is 0 Å². The van der Waals surface area contributed by atoms with Crippen LogP contribution in [-0.4, -0.2) is 51.8 Å². The lowest BCUT2D eigenvalue weighted by atomic mass is 10.1. The maximum absolute atomic E-state index is 12.5. The van der Waals surface area contributed by atoms with Gasteiger partial charge in [-0.1, -0.05) is 17.7 Å². The molecule has 1 aliphatic rings. The standard InChI is InChI=1S/C22H31N3O2S/c1-17-6-7-21(27-3)19(15-17)16-24-10-12-25(13-11-24)18(2)22(26)23-9-8-20-5-4-14-28-20/h4-7,14-15,18H,8-13,16H2,1-3H3,(H,23,26)/p+2/t18-/m0/s1. The predicted molar refractivity (Wildman–Crippen MR) is 113 cm³/mol. The van der Waals surface area contributed by atoms with E-state index >= 15 is 0 Å². The number of methoxy groups -OCH3 is 1. The molecule has 1 fully saturated rings. The first-order valence-electron chi connectivity index (χ1n) is 10.2. The van der Waals surface area contributed by atoms with E-state index in [1.165, 1.54) is 20.9 Å². The summed E-state index contributed by atoms with van der Waals surface area (Å²) < 4.78 is 5.53. The maximum Gasteiger partial charge on any atom is 0.278 e. The zero-order valence-corrected chi connectivity index (χ0v) is 18.0. The highest BCUT2D eigenvalue weighted by molar-refractivity contribution is 7.09. The summed E-state index contributed by atoms with van der Waals surface area (Å²) in [4.78, 5) is 16.8. The van der Waals surface area contributed by atoms with Gasteiger partial charge >= 0.3 is 0 Å². The third-order valence-corrected chi connectivity index (χ3v) is 6.67. The summed E-state index contributed by atoms with van der Waals surface area (Å²) in [6.07, 6.45) is 0.918. The fraction of sp³-hybridized carbons (Fsp3) is 0.500. The first-order valence-corrected chi connectivity index (χ1v) is 11.1. The molecule has 1 aromatic carbocycles. The molecule has 0 unspecified atom stereocenters. The number of piperazine rings is 1. The van der Waals surface area contributed by atoms with E-state index in [4.69, 9.17) is 4.74 Å². The Balaban J connectivity index is 1.44. The second-order valence-corrected chi connectivity index (χ2v) is 8.77. The first-order chi connectivity index (χ1) is 13.6. The van der Waals surface area contributed by atoms with Gasteiger partial charge in [-0.2, -0.15) is 0 Å². The minimum atomic E-state index is 0.0124. The fourth-order valence-electron chi connectivity index (χ4n) is 3.95. The number of quaternary nitrogens is 2. The van der Waals surface area contributed by atoms with Gasteiger partial charge in [0, 0.05) is 17.0 Å². The number of hydrogen-bond acceptors (Lipinski definition) is 3. The average Bonchev–Trinajstić information content (AvgIpc) is 3.21. The molecule has 0 bridgehead atoms. The molecule has 152 valence electrons. The number of amides is 1. The van der Waals surface area contributed by atoms with Crippen molar-refractivity contribution in [2.24, 2.45) is 0 Å². The van der Waals surface area contributed by atoms with E-state index in [1.54, 1.807) is 23.3 Å². The Kier molecular flexibility index (Phi) is 7.48. The lowest BCUT2D eigenvalue weighted by molar-refractivity contribution is -1.02. The van der Waals surface area contributed by atoms with Gasteiger partial charge in [0.25, 0.3) is 5.91 Å². The van der Waals surface area contributed by atoms with Gasteiger partial charge in [-0.3, -0.25) is 4.79 Å². The highest BCUT2D eigenvalue weighted by Gasteiger charge is 2.31. The van der Waals surface area contributed by atoms with Crippen LogP contribution in [0.15, 0.2) is 35.7 Å². The molecule has 3 N–H and O–H groups in total. The zero-order valence-electron chi connectivity index (χ0n) is 17.2. The van der Waals surface area contributed by atoms with Crippen molar-refractivity contribution in [3.8, 4) is 5.75 Å². The highest BCUT2D eigenvalue weighted by atomic mass is 32.1. The molecule has 1 atom stereocenters. The monoisotopic (exact) mass is 403 g/mol. The number of aryl methyl sites for hydroxylation is 1. The van der Waals surface area contributed by atoms with Crippen molar-refractivity contribution < 1.29 is 19.3 Å². The molecule has 1 amide bonds. The summed E-state index contributed by atoms with van der Waals surface area (Å²) in [5.41, 5.74) is 2.55. The second kappa shape index (κ2) is 10.0. The summed E-state index contributed by atoms with van der Waals surface area (Å²) in [5, 5.41) is 5.20. The Hall–Kier alpha value is -1.89. The summed E-state index contributed by atoms with van der Waals surface area (Å²) in [7, 11) is 1.74. The Bertz CT molecular complexity index is 755. The Morgan fingerprint density at radius 2 is 2.04 bits per heavy atom. The van der Waals surface area contributed by atoms with Crippen LogP contribution in [0.1, 0.15) is 22.9 Å². The van der Waals surface area contributed by atoms with Crippen molar-refractivity contribution in [2.45, 2.75) is 32.9 Å². The Morgan fingerprint density at radius 3 is 2.71 bits per heavy atom. The van der Waals surface area contributed by atoms with Gasteiger partial charge in [0.05, 0.1) is 7.11 Å². The molecule has 0 saturated carbocycles. The van der Waals surface area contributed by atoms with Crippen LogP contribution in [0.2, 0.25) is 0 Å². The number of nitrogens with one attached hydrogen (secondary N) is 3. The van der Waals surface area contributed by atoms with Crippen LogP contribution in [0.5, 0.6) is 5.75 Å². The average molecular weight is 404 g/mol. The summed E-state index contributed by atoms with van der Waals surface area (Å²) in [6, 6.07) is 10.6. The van der Waals surface area contributed by atoms with Crippen molar-refractivity contribution in [3.63, 3.8) is 0 Å². The van der Waals surface area contributed by atoms with Gasteiger partial charge in [0.15, 0.2) is 6.04 Å². The van der Waals surface area contributed by atoms with Crippen LogP contribution in [0, 0.1) is 6.92 Å². The summed E-state index contributed by atoms with van der Waals surface area (Å²) >= 11 is 1.75. The number of rotatable bonds is 8. The topological polar surface area (TPSA) is 47.2 Å². The molecule has 0 aliphatic carbocycles. The van der Waals surface area contributed by atoms with Crippen LogP contribution in [0.25, 0.3) is 0 Å². The van der Waals surface area contributed by atoms with Crippen LogP contribution in [0.3, 0.4) is 0 Å². The van der Waals surface area contributed by atoms with E-state index < -0.39 is 0 Å². The Morgan fingerprint density at radius 1 is 1.25 bits per heavy atom. The zero-order chi connectivity index (χ0) is 19.9. The van der Waals surface area contributed by atoms with Crippen LogP contribution >= 0.6 is 11.3 Å². The van der Waals surface area contributed by atoms with E-state index in [0.29, 0.717) is 0 Å². The van der Waals surface area contributed by atoms with Crippen LogP contribution in [-0.2, 0) is 17.8 Å². The Labute approximate surface area is 172 Å². The molecular formula is C22H33N3O2S+2. The van der Waals surface area contributed by atoms with Crippen molar-refractivity contribution >= 4 is 17.2 Å². The number of hydrogen-bond donors (Lipinski definition) is 3. The maximum atomic E-state index is 12.5. The van der Waals surface area contributed by atoms with E-state index in [2.05, 4.69) is 54.9 Å². The molecule has 1 aliphatic heterocycles. The molecular weight excluding hydrogens is 370 g/mol. The fourth-order valence-corrected chi connectivity index (χ4v) is 4.66. The third-order valence-electron chi connectivity index (χ3n) is 5.73. The van der Waals surface area contributed by atoms with Gasteiger partial charge in [-0.25, -0.2) is 0 Å². The second-order valence-electron chi connectivity index (χ2n) is 7.74. The van der Waals surface area contributed by atoms with Crippen LogP contribution < -0.4 is 19.9 Å². The lowest BCUT2D eigenvalue weighted by Gasteiger charge is -2.32. The highest BCUT2D eigenvalue weighted by Crippen LogP contribution is 2.18. The van der Waals surface area contributed by atoms with Crippen molar-refractivity contribution in [1.82, 2.24) is 5.32 Å². The molecule has 6 heteroatoms. The quantitative estimate of drug-likeness (QED) is 0.585. The minimum Gasteiger partial charge on any atom is -0.496 e. The summed E-state index contributed by atoms with van der Waals surface area (Å²) in [5.74, 6) is 1.15. The number of benzene rings is 1. The van der Waals surface area contributed by atoms with E-state index in [9.17, 15) is 4.79 Å². The van der Waals surface area contributed by atoms with E-state index in [-0.39, 0.29) is 11.9 Å². The van der Waals surface area contributed by atoms with Gasteiger partial charge in [-0.05, 0) is 43.8 Å². The number of carbonyl (C=O) groups is 1. The van der Waals surface area contributed by atoms with E-state index in [0.717, 1.165) is 51.4 Å². The largest absolute Gasteiger partial charge is 0.496 e. The first kappa shape index (κ1) is 20.8. The molecule has 2 aromatic rings. The van der Waals surface area contributed by atoms with Crippen LogP contribution in [0.4, 0.5) is 0 Å². The molecule has 3 rings (SSSR count). The molecule has 1 aromatic heterocycles. The number of thiophene rings is 1. The van der Waals surface area contributed by atoms with Gasteiger partial charge in [0.1, 0.15) is 38.5 Å². The number of ether oxygens (including phenoxy) is 1. The predicted octanol–water partition coefficient (Wildman–Crippen LogP) is 0.0959. The molecule has 5 nitrogen and oxygen atoms in total. The van der Waals surface area contributed by atoms with E-state index in [1.807, 2.05) is 0 Å². The smallest absolute Gasteiger partial charge is 0.278 e. The lowest BCUT2D eigenvalue weighted by Crippen LogP contribution is -3.29. The molecule has 1 saturated heterocycles. The van der Waals surface area contributed by atoms with Gasteiger partial charge < -0.3 is 19.9 Å². The molecule has 0 radical (unpaired) electrons. The normalized spacial score (nSPS) is 20.5. The van der Waals surface area contributed by atoms with Gasteiger partial charge in [0.2, 0.25) is 0 Å². The van der Waals surface area contributed by atoms with Crippen molar-refractivity contribution in [3.05, 3.63) is 51.7 Å². The molecule has 28 heavy (non-hydrogen) atoms.